The Morgan fingerprint density at radius 3 is 2.50 bits per heavy atom. The molecule has 0 saturated heterocycles. The number of hydrogen-bond acceptors (Lipinski definition) is 3. The van der Waals surface area contributed by atoms with E-state index >= 15 is 0 Å². The summed E-state index contributed by atoms with van der Waals surface area (Å²) in [5.74, 6) is -0.257. The van der Waals surface area contributed by atoms with Gasteiger partial charge < -0.3 is 15.7 Å². The van der Waals surface area contributed by atoms with E-state index in [0.29, 0.717) is 13.0 Å². The van der Waals surface area contributed by atoms with Crippen molar-refractivity contribution in [2.24, 2.45) is 5.41 Å². The first-order chi connectivity index (χ1) is 9.47. The monoisotopic (exact) mass is 302 g/mol. The minimum atomic E-state index is -0.974. The maximum absolute atomic E-state index is 11.8. The minimum Gasteiger partial charge on any atom is -0.480 e. The lowest BCUT2D eigenvalue weighted by Crippen LogP contribution is -2.48. The molecule has 5 nitrogen and oxygen atoms in total. The highest BCUT2D eigenvalue weighted by molar-refractivity contribution is 7.98. The van der Waals surface area contributed by atoms with Gasteiger partial charge in [0.2, 0.25) is 0 Å². The highest BCUT2D eigenvalue weighted by Crippen LogP contribution is 2.34. The molecule has 1 atom stereocenters. The second-order valence-electron chi connectivity index (χ2n) is 5.87. The molecule has 1 saturated carbocycles. The molecule has 0 heterocycles. The molecule has 0 aromatic heterocycles. The molecule has 0 aromatic rings. The molecule has 1 unspecified atom stereocenters. The molecule has 0 bridgehead atoms. The maximum Gasteiger partial charge on any atom is 0.326 e. The zero-order chi connectivity index (χ0) is 15.0. The third-order valence-electron chi connectivity index (χ3n) is 3.95. The van der Waals surface area contributed by atoms with Crippen molar-refractivity contribution >= 4 is 23.8 Å². The molecule has 1 aliphatic rings. The van der Waals surface area contributed by atoms with Crippen LogP contribution >= 0.6 is 11.8 Å². The molecule has 1 fully saturated rings. The molecule has 20 heavy (non-hydrogen) atoms. The lowest BCUT2D eigenvalue weighted by atomic mass is 9.76. The standard InChI is InChI=1S/C14H26N2O3S/c1-14(7-4-3-5-8-14)10-15-13(19)16-11(12(17)18)6-9-20-2/h11H,3-10H2,1-2H3,(H,17,18)(H2,15,16,19). The molecule has 0 aliphatic heterocycles. The number of carboxylic acids is 1. The molecule has 2 amide bonds. The van der Waals surface area contributed by atoms with Crippen molar-refractivity contribution in [3.8, 4) is 0 Å². The van der Waals surface area contributed by atoms with E-state index in [9.17, 15) is 9.59 Å². The van der Waals surface area contributed by atoms with Crippen molar-refractivity contribution in [2.75, 3.05) is 18.6 Å². The van der Waals surface area contributed by atoms with Gasteiger partial charge in [0.25, 0.3) is 0 Å². The van der Waals surface area contributed by atoms with Gasteiger partial charge in [0, 0.05) is 6.54 Å². The lowest BCUT2D eigenvalue weighted by molar-refractivity contribution is -0.139. The van der Waals surface area contributed by atoms with Crippen LogP contribution in [0.25, 0.3) is 0 Å². The van der Waals surface area contributed by atoms with Crippen LogP contribution in [0.5, 0.6) is 0 Å². The molecule has 0 aromatic carbocycles. The Bertz CT molecular complexity index is 330. The van der Waals surface area contributed by atoms with Crippen LogP contribution in [0.4, 0.5) is 4.79 Å². The summed E-state index contributed by atoms with van der Waals surface area (Å²) in [7, 11) is 0. The van der Waals surface area contributed by atoms with E-state index in [4.69, 9.17) is 5.11 Å². The fourth-order valence-electron chi connectivity index (χ4n) is 2.58. The highest BCUT2D eigenvalue weighted by Gasteiger charge is 2.27. The second kappa shape index (κ2) is 8.39. The van der Waals surface area contributed by atoms with Gasteiger partial charge in [-0.25, -0.2) is 9.59 Å². The average Bonchev–Trinajstić information content (AvgIpc) is 2.42. The Morgan fingerprint density at radius 2 is 1.95 bits per heavy atom. The van der Waals surface area contributed by atoms with Crippen LogP contribution in [0.2, 0.25) is 0 Å². The van der Waals surface area contributed by atoms with Crippen molar-refractivity contribution in [2.45, 2.75) is 51.5 Å². The summed E-state index contributed by atoms with van der Waals surface area (Å²) in [5, 5.41) is 14.4. The number of carboxylic acid groups (broad SMARTS) is 1. The van der Waals surface area contributed by atoms with Crippen LogP contribution in [0.3, 0.4) is 0 Å². The Hall–Kier alpha value is -0.910. The van der Waals surface area contributed by atoms with Crippen LogP contribution in [-0.2, 0) is 4.79 Å². The molecular formula is C14H26N2O3S. The first-order valence-corrected chi connectivity index (χ1v) is 8.62. The van der Waals surface area contributed by atoms with Gasteiger partial charge in [-0.15, -0.1) is 0 Å². The quantitative estimate of drug-likeness (QED) is 0.675. The molecule has 0 radical (unpaired) electrons. The van der Waals surface area contributed by atoms with Gasteiger partial charge in [-0.3, -0.25) is 0 Å². The number of amides is 2. The number of aliphatic carboxylic acids is 1. The van der Waals surface area contributed by atoms with Crippen molar-refractivity contribution < 1.29 is 14.7 Å². The number of hydrogen-bond donors (Lipinski definition) is 3. The summed E-state index contributed by atoms with van der Waals surface area (Å²) >= 11 is 1.57. The predicted molar refractivity (Wildman–Crippen MR) is 82.1 cm³/mol. The molecule has 1 aliphatic carbocycles. The van der Waals surface area contributed by atoms with E-state index in [0.717, 1.165) is 18.6 Å². The third-order valence-corrected chi connectivity index (χ3v) is 4.59. The van der Waals surface area contributed by atoms with Crippen LogP contribution in [0.15, 0.2) is 0 Å². The summed E-state index contributed by atoms with van der Waals surface area (Å²) in [6, 6.07) is -1.17. The topological polar surface area (TPSA) is 78.4 Å². The zero-order valence-electron chi connectivity index (χ0n) is 12.4. The largest absolute Gasteiger partial charge is 0.480 e. The van der Waals surface area contributed by atoms with Gasteiger partial charge in [0.1, 0.15) is 6.04 Å². The van der Waals surface area contributed by atoms with Crippen molar-refractivity contribution in [1.29, 1.82) is 0 Å². The van der Waals surface area contributed by atoms with Gasteiger partial charge in [-0.2, -0.15) is 11.8 Å². The third kappa shape index (κ3) is 6.03. The van der Waals surface area contributed by atoms with Gasteiger partial charge in [-0.05, 0) is 36.7 Å². The van der Waals surface area contributed by atoms with Crippen LogP contribution < -0.4 is 10.6 Å². The van der Waals surface area contributed by atoms with E-state index < -0.39 is 12.0 Å². The Kier molecular flexibility index (Phi) is 7.19. The van der Waals surface area contributed by atoms with Crippen molar-refractivity contribution in [1.82, 2.24) is 10.6 Å². The van der Waals surface area contributed by atoms with Crippen molar-refractivity contribution in [3.05, 3.63) is 0 Å². The molecule has 1 rings (SSSR count). The first kappa shape index (κ1) is 17.1. The Labute approximate surface area is 125 Å². The Balaban J connectivity index is 2.35. The molecule has 6 heteroatoms. The highest BCUT2D eigenvalue weighted by atomic mass is 32.2. The number of rotatable bonds is 7. The molecular weight excluding hydrogens is 276 g/mol. The fraction of sp³-hybridized carbons (Fsp3) is 0.857. The summed E-state index contributed by atoms with van der Waals surface area (Å²) in [4.78, 5) is 22.9. The van der Waals surface area contributed by atoms with E-state index in [-0.39, 0.29) is 11.4 Å². The SMILES string of the molecule is CSCCC(NC(=O)NCC1(C)CCCCC1)C(=O)O. The second-order valence-corrected chi connectivity index (χ2v) is 6.86. The van der Waals surface area contributed by atoms with Gasteiger partial charge in [-0.1, -0.05) is 26.2 Å². The van der Waals surface area contributed by atoms with E-state index in [1.807, 2.05) is 6.26 Å². The van der Waals surface area contributed by atoms with Gasteiger partial charge in [0.15, 0.2) is 0 Å². The fourth-order valence-corrected chi connectivity index (χ4v) is 3.05. The van der Waals surface area contributed by atoms with E-state index in [1.165, 1.54) is 19.3 Å². The zero-order valence-corrected chi connectivity index (χ0v) is 13.2. The molecule has 0 spiro atoms. The molecule has 116 valence electrons. The number of nitrogens with one attached hydrogen (secondary N) is 2. The number of carbonyl (C=O) groups is 2. The van der Waals surface area contributed by atoms with Crippen LogP contribution in [0, 0.1) is 5.41 Å². The maximum atomic E-state index is 11.8. The Morgan fingerprint density at radius 1 is 1.30 bits per heavy atom. The van der Waals surface area contributed by atoms with Crippen LogP contribution in [0.1, 0.15) is 45.4 Å². The number of carbonyl (C=O) groups excluding carboxylic acids is 1. The summed E-state index contributed by atoms with van der Waals surface area (Å²) in [6.07, 6.45) is 8.32. The van der Waals surface area contributed by atoms with Gasteiger partial charge in [0.05, 0.1) is 0 Å². The first-order valence-electron chi connectivity index (χ1n) is 7.23. The molecule has 3 N–H and O–H groups in total. The van der Waals surface area contributed by atoms with Gasteiger partial charge >= 0.3 is 12.0 Å². The van der Waals surface area contributed by atoms with Crippen molar-refractivity contribution in [3.63, 3.8) is 0 Å². The smallest absolute Gasteiger partial charge is 0.326 e. The van der Waals surface area contributed by atoms with E-state index in [2.05, 4.69) is 17.6 Å². The minimum absolute atomic E-state index is 0.160. The number of urea groups is 1. The number of thioether (sulfide) groups is 1. The lowest BCUT2D eigenvalue weighted by Gasteiger charge is -2.33. The average molecular weight is 302 g/mol. The van der Waals surface area contributed by atoms with E-state index in [1.54, 1.807) is 11.8 Å². The summed E-state index contributed by atoms with van der Waals surface area (Å²) in [6.45, 7) is 2.81. The predicted octanol–water partition coefficient (Wildman–Crippen LogP) is 2.46. The normalized spacial score (nSPS) is 19.1. The summed E-state index contributed by atoms with van der Waals surface area (Å²) in [5.41, 5.74) is 0.160. The van der Waals surface area contributed by atoms with Crippen LogP contribution in [-0.4, -0.2) is 41.7 Å². The summed E-state index contributed by atoms with van der Waals surface area (Å²) < 4.78 is 0.